The molecule has 3 aromatic carbocycles. The van der Waals surface area contributed by atoms with E-state index in [1.807, 2.05) is 92.7 Å². The minimum atomic E-state index is -0.603. The van der Waals surface area contributed by atoms with E-state index in [2.05, 4.69) is 5.32 Å². The minimum Gasteiger partial charge on any atom is -0.354 e. The fourth-order valence-corrected chi connectivity index (χ4v) is 4.48. The van der Waals surface area contributed by atoms with E-state index in [-0.39, 0.29) is 17.6 Å². The van der Waals surface area contributed by atoms with E-state index < -0.39 is 6.04 Å². The summed E-state index contributed by atoms with van der Waals surface area (Å²) >= 11 is 7.44. The van der Waals surface area contributed by atoms with Gasteiger partial charge in [-0.3, -0.25) is 9.59 Å². The zero-order valence-electron chi connectivity index (χ0n) is 19.7. The monoisotopic (exact) mass is 494 g/mol. The topological polar surface area (TPSA) is 49.4 Å². The second-order valence-corrected chi connectivity index (χ2v) is 9.73. The lowest BCUT2D eigenvalue weighted by molar-refractivity contribution is -0.139. The molecule has 3 aromatic rings. The van der Waals surface area contributed by atoms with E-state index in [9.17, 15) is 9.59 Å². The van der Waals surface area contributed by atoms with Gasteiger partial charge in [-0.25, -0.2) is 0 Å². The van der Waals surface area contributed by atoms with Crippen molar-refractivity contribution in [2.45, 2.75) is 44.2 Å². The summed E-state index contributed by atoms with van der Waals surface area (Å²) in [7, 11) is 0. The van der Waals surface area contributed by atoms with E-state index in [4.69, 9.17) is 11.6 Å². The van der Waals surface area contributed by atoms with Gasteiger partial charge in [-0.15, -0.1) is 11.8 Å². The molecule has 0 saturated heterocycles. The maximum atomic E-state index is 13.6. The molecular formula is C28H31ClN2O2S. The molecule has 0 spiro atoms. The molecule has 2 amide bonds. The molecule has 0 heterocycles. The van der Waals surface area contributed by atoms with Gasteiger partial charge < -0.3 is 10.2 Å². The Labute approximate surface area is 211 Å². The number of hydrogen-bond acceptors (Lipinski definition) is 3. The van der Waals surface area contributed by atoms with E-state index in [0.717, 1.165) is 28.0 Å². The molecule has 6 heteroatoms. The number of carbonyl (C=O) groups is 2. The fourth-order valence-electron chi connectivity index (χ4n) is 3.57. The average molecular weight is 495 g/mol. The largest absolute Gasteiger partial charge is 0.354 e. The first-order valence-corrected chi connectivity index (χ1v) is 12.9. The third-order valence-corrected chi connectivity index (χ3v) is 6.72. The molecule has 0 bridgehead atoms. The van der Waals surface area contributed by atoms with Crippen LogP contribution in [0.4, 0.5) is 0 Å². The summed E-state index contributed by atoms with van der Waals surface area (Å²) < 4.78 is 0. The lowest BCUT2D eigenvalue weighted by Crippen LogP contribution is -2.51. The highest BCUT2D eigenvalue weighted by molar-refractivity contribution is 8.00. The highest BCUT2D eigenvalue weighted by Crippen LogP contribution is 2.23. The third kappa shape index (κ3) is 7.93. The van der Waals surface area contributed by atoms with Crippen molar-refractivity contribution in [3.05, 3.63) is 101 Å². The van der Waals surface area contributed by atoms with Crippen molar-refractivity contribution in [1.29, 1.82) is 0 Å². The average Bonchev–Trinajstić information content (AvgIpc) is 2.86. The predicted molar refractivity (Wildman–Crippen MR) is 141 cm³/mol. The predicted octanol–water partition coefficient (Wildman–Crippen LogP) is 5.91. The molecule has 0 aromatic heterocycles. The normalized spacial score (nSPS) is 11.6. The van der Waals surface area contributed by atoms with Crippen molar-refractivity contribution in [3.63, 3.8) is 0 Å². The Bertz CT molecular complexity index is 1060. The molecule has 3 rings (SSSR count). The Morgan fingerprint density at radius 3 is 2.26 bits per heavy atom. The van der Waals surface area contributed by atoms with Gasteiger partial charge in [0.2, 0.25) is 11.8 Å². The SMILES string of the molecule is CCCNC(=O)C(Cc1ccccc1)N(Cc1ccc(C)cc1)C(=O)CSc1ccc(Cl)cc1. The van der Waals surface area contributed by atoms with Crippen LogP contribution >= 0.6 is 23.4 Å². The number of amides is 2. The number of benzene rings is 3. The molecule has 178 valence electrons. The van der Waals surface area contributed by atoms with Crippen LogP contribution < -0.4 is 5.32 Å². The molecule has 0 fully saturated rings. The van der Waals surface area contributed by atoms with Crippen LogP contribution in [0.1, 0.15) is 30.0 Å². The number of halogens is 1. The van der Waals surface area contributed by atoms with Gasteiger partial charge in [0, 0.05) is 29.4 Å². The van der Waals surface area contributed by atoms with Gasteiger partial charge in [0.15, 0.2) is 0 Å². The van der Waals surface area contributed by atoms with Gasteiger partial charge in [-0.1, -0.05) is 78.7 Å². The van der Waals surface area contributed by atoms with Gasteiger partial charge in [0.05, 0.1) is 5.75 Å². The summed E-state index contributed by atoms with van der Waals surface area (Å²) in [6, 6.07) is 24.8. The molecule has 0 aliphatic rings. The maximum absolute atomic E-state index is 13.6. The fraction of sp³-hybridized carbons (Fsp3) is 0.286. The standard InChI is InChI=1S/C28H31ClN2O2S/c1-3-17-30-28(33)26(18-22-7-5-4-6-8-22)31(19-23-11-9-21(2)10-12-23)27(32)20-34-25-15-13-24(29)14-16-25/h4-16,26H,3,17-20H2,1-2H3,(H,30,33). The second kappa shape index (κ2) is 13.2. The summed E-state index contributed by atoms with van der Waals surface area (Å²) in [6.45, 7) is 5.00. The number of nitrogens with one attached hydrogen (secondary N) is 1. The van der Waals surface area contributed by atoms with Crippen LogP contribution in [0, 0.1) is 6.92 Å². The first-order chi connectivity index (χ1) is 16.5. The van der Waals surface area contributed by atoms with Crippen LogP contribution in [0.3, 0.4) is 0 Å². The molecule has 0 aliphatic carbocycles. The van der Waals surface area contributed by atoms with Crippen LogP contribution in [-0.2, 0) is 22.6 Å². The molecule has 34 heavy (non-hydrogen) atoms. The number of rotatable bonds is 11. The number of nitrogens with zero attached hydrogens (tertiary/aromatic N) is 1. The molecule has 0 radical (unpaired) electrons. The summed E-state index contributed by atoms with van der Waals surface area (Å²) in [5, 5.41) is 3.67. The Balaban J connectivity index is 1.87. The molecule has 1 atom stereocenters. The van der Waals surface area contributed by atoms with E-state index in [1.165, 1.54) is 11.8 Å². The van der Waals surface area contributed by atoms with Gasteiger partial charge in [-0.2, -0.15) is 0 Å². The van der Waals surface area contributed by atoms with Crippen LogP contribution in [0.5, 0.6) is 0 Å². The lowest BCUT2D eigenvalue weighted by atomic mass is 10.0. The van der Waals surface area contributed by atoms with Gasteiger partial charge in [0.1, 0.15) is 6.04 Å². The second-order valence-electron chi connectivity index (χ2n) is 8.25. The first kappa shape index (κ1) is 25.9. The van der Waals surface area contributed by atoms with Crippen molar-refractivity contribution in [2.24, 2.45) is 0 Å². The Kier molecular flexibility index (Phi) is 10.0. The highest BCUT2D eigenvalue weighted by Gasteiger charge is 2.30. The Morgan fingerprint density at radius 1 is 0.941 bits per heavy atom. The van der Waals surface area contributed by atoms with Crippen molar-refractivity contribution in [2.75, 3.05) is 12.3 Å². The van der Waals surface area contributed by atoms with E-state index in [0.29, 0.717) is 24.5 Å². The molecule has 4 nitrogen and oxygen atoms in total. The smallest absolute Gasteiger partial charge is 0.243 e. The third-order valence-electron chi connectivity index (χ3n) is 5.47. The van der Waals surface area contributed by atoms with Crippen LogP contribution in [0.2, 0.25) is 5.02 Å². The molecule has 0 aliphatic heterocycles. The number of hydrogen-bond donors (Lipinski definition) is 1. The Hall–Kier alpha value is -2.76. The minimum absolute atomic E-state index is 0.0758. The first-order valence-electron chi connectivity index (χ1n) is 11.5. The maximum Gasteiger partial charge on any atom is 0.243 e. The van der Waals surface area contributed by atoms with Gasteiger partial charge in [0.25, 0.3) is 0 Å². The van der Waals surface area contributed by atoms with Crippen LogP contribution in [0.15, 0.2) is 83.8 Å². The quantitative estimate of drug-likeness (QED) is 0.337. The van der Waals surface area contributed by atoms with Crippen molar-refractivity contribution < 1.29 is 9.59 Å². The van der Waals surface area contributed by atoms with E-state index >= 15 is 0 Å². The number of thioether (sulfide) groups is 1. The summed E-state index contributed by atoms with van der Waals surface area (Å²) in [4.78, 5) is 29.5. The summed E-state index contributed by atoms with van der Waals surface area (Å²) in [5.41, 5.74) is 3.17. The Morgan fingerprint density at radius 2 is 1.62 bits per heavy atom. The van der Waals surface area contributed by atoms with Gasteiger partial charge >= 0.3 is 0 Å². The van der Waals surface area contributed by atoms with Crippen molar-refractivity contribution >= 4 is 35.2 Å². The summed E-state index contributed by atoms with van der Waals surface area (Å²) in [6.07, 6.45) is 1.29. The molecular weight excluding hydrogens is 464 g/mol. The zero-order chi connectivity index (χ0) is 24.3. The molecule has 0 saturated carbocycles. The van der Waals surface area contributed by atoms with Crippen LogP contribution in [0.25, 0.3) is 0 Å². The molecule has 1 N–H and O–H groups in total. The van der Waals surface area contributed by atoms with Crippen molar-refractivity contribution in [3.8, 4) is 0 Å². The molecule has 1 unspecified atom stereocenters. The lowest BCUT2D eigenvalue weighted by Gasteiger charge is -2.31. The van der Waals surface area contributed by atoms with Gasteiger partial charge in [-0.05, 0) is 48.7 Å². The highest BCUT2D eigenvalue weighted by atomic mass is 35.5. The number of aryl methyl sites for hydroxylation is 1. The zero-order valence-corrected chi connectivity index (χ0v) is 21.2. The van der Waals surface area contributed by atoms with E-state index in [1.54, 1.807) is 4.90 Å². The van der Waals surface area contributed by atoms with Crippen LogP contribution in [-0.4, -0.2) is 35.1 Å². The number of carbonyl (C=O) groups excluding carboxylic acids is 2. The summed E-state index contributed by atoms with van der Waals surface area (Å²) in [5.74, 6) is 0.0376. The van der Waals surface area contributed by atoms with Crippen molar-refractivity contribution in [1.82, 2.24) is 10.2 Å².